The van der Waals surface area contributed by atoms with E-state index in [1.165, 1.54) is 30.2 Å². The Balaban J connectivity index is 1.30. The number of carbonyl (C=O) groups is 2. The van der Waals surface area contributed by atoms with Crippen molar-refractivity contribution in [3.8, 4) is 11.5 Å². The highest BCUT2D eigenvalue weighted by Crippen LogP contribution is 2.28. The van der Waals surface area contributed by atoms with E-state index in [0.717, 1.165) is 15.1 Å². The minimum atomic E-state index is -0.258. The van der Waals surface area contributed by atoms with Gasteiger partial charge in [-0.05, 0) is 54.6 Å². The Bertz CT molecular complexity index is 1260. The molecule has 0 radical (unpaired) electrons. The van der Waals surface area contributed by atoms with Crippen LogP contribution in [0.4, 0.5) is 10.8 Å². The van der Waals surface area contributed by atoms with Gasteiger partial charge in [0.2, 0.25) is 5.91 Å². The van der Waals surface area contributed by atoms with Crippen molar-refractivity contribution in [2.75, 3.05) is 30.6 Å². The van der Waals surface area contributed by atoms with Crippen LogP contribution in [0.15, 0.2) is 71.6 Å². The van der Waals surface area contributed by atoms with Gasteiger partial charge in [0.15, 0.2) is 16.6 Å². The number of benzene rings is 3. The standard InChI is InChI=1S/C24H21N3O4S2/c1-30-19-12-7-15(13-20(19)31-2)23(29)25-16-8-10-17(11-9-16)32-14-22(28)27-24-26-18-5-3-4-6-21(18)33-24/h3-13H,14H2,1-2H3,(H,25,29)(H,26,27,28). The van der Waals surface area contributed by atoms with Crippen LogP contribution in [0.3, 0.4) is 0 Å². The predicted octanol–water partition coefficient (Wildman–Crippen LogP) is 5.30. The Hall–Kier alpha value is -3.56. The summed E-state index contributed by atoms with van der Waals surface area (Å²) in [4.78, 5) is 30.2. The van der Waals surface area contributed by atoms with Crippen LogP contribution in [0.2, 0.25) is 0 Å². The first-order chi connectivity index (χ1) is 16.1. The van der Waals surface area contributed by atoms with Gasteiger partial charge in [0.1, 0.15) is 0 Å². The highest BCUT2D eigenvalue weighted by Gasteiger charge is 2.12. The van der Waals surface area contributed by atoms with Gasteiger partial charge in [0.05, 0.1) is 30.2 Å². The summed E-state index contributed by atoms with van der Waals surface area (Å²) in [6.07, 6.45) is 0. The highest BCUT2D eigenvalue weighted by molar-refractivity contribution is 8.00. The number of thiazole rings is 1. The van der Waals surface area contributed by atoms with Gasteiger partial charge in [-0.3, -0.25) is 9.59 Å². The fraction of sp³-hybridized carbons (Fsp3) is 0.125. The molecule has 33 heavy (non-hydrogen) atoms. The van der Waals surface area contributed by atoms with Crippen LogP contribution in [0.1, 0.15) is 10.4 Å². The second-order valence-corrected chi connectivity index (χ2v) is 8.95. The number of anilines is 2. The van der Waals surface area contributed by atoms with Gasteiger partial charge >= 0.3 is 0 Å². The lowest BCUT2D eigenvalue weighted by Gasteiger charge is -2.10. The lowest BCUT2D eigenvalue weighted by molar-refractivity contribution is -0.113. The molecule has 0 spiro atoms. The fourth-order valence-corrected chi connectivity index (χ4v) is 4.63. The Kier molecular flexibility index (Phi) is 7.11. The number of thioether (sulfide) groups is 1. The number of hydrogen-bond donors (Lipinski definition) is 2. The predicted molar refractivity (Wildman–Crippen MR) is 133 cm³/mol. The van der Waals surface area contributed by atoms with Crippen molar-refractivity contribution in [1.29, 1.82) is 0 Å². The average molecular weight is 480 g/mol. The first-order valence-corrected chi connectivity index (χ1v) is 11.8. The van der Waals surface area contributed by atoms with Gasteiger partial charge in [0, 0.05) is 16.1 Å². The Morgan fingerprint density at radius 3 is 2.42 bits per heavy atom. The van der Waals surface area contributed by atoms with E-state index in [4.69, 9.17) is 9.47 Å². The zero-order chi connectivity index (χ0) is 23.2. The Morgan fingerprint density at radius 1 is 0.939 bits per heavy atom. The normalized spacial score (nSPS) is 10.6. The molecule has 3 aromatic carbocycles. The molecule has 2 amide bonds. The van der Waals surface area contributed by atoms with Crippen molar-refractivity contribution >= 4 is 55.9 Å². The first-order valence-electron chi connectivity index (χ1n) is 9.97. The number of ether oxygens (including phenoxy) is 2. The van der Waals surface area contributed by atoms with Crippen LogP contribution in [-0.4, -0.2) is 36.8 Å². The summed E-state index contributed by atoms with van der Waals surface area (Å²) in [5, 5.41) is 6.29. The van der Waals surface area contributed by atoms with Gasteiger partial charge in [-0.25, -0.2) is 4.98 Å². The van der Waals surface area contributed by atoms with Crippen LogP contribution in [0, 0.1) is 0 Å². The number of nitrogens with one attached hydrogen (secondary N) is 2. The van der Waals surface area contributed by atoms with E-state index >= 15 is 0 Å². The monoisotopic (exact) mass is 479 g/mol. The van der Waals surface area contributed by atoms with Gasteiger partial charge in [-0.1, -0.05) is 23.5 Å². The second-order valence-electron chi connectivity index (χ2n) is 6.87. The number of amides is 2. The summed E-state index contributed by atoms with van der Waals surface area (Å²) in [6, 6.07) is 20.1. The number of para-hydroxylation sites is 1. The van der Waals surface area contributed by atoms with Crippen molar-refractivity contribution in [3.63, 3.8) is 0 Å². The molecule has 1 heterocycles. The van der Waals surface area contributed by atoms with E-state index in [0.29, 0.717) is 27.9 Å². The summed E-state index contributed by atoms with van der Waals surface area (Å²) in [5.41, 5.74) is 1.98. The van der Waals surface area contributed by atoms with E-state index in [-0.39, 0.29) is 17.6 Å². The van der Waals surface area contributed by atoms with Crippen molar-refractivity contribution in [3.05, 3.63) is 72.3 Å². The average Bonchev–Trinajstić information content (AvgIpc) is 3.25. The maximum Gasteiger partial charge on any atom is 0.255 e. The number of nitrogens with zero attached hydrogens (tertiary/aromatic N) is 1. The smallest absolute Gasteiger partial charge is 0.255 e. The molecule has 0 saturated carbocycles. The molecule has 2 N–H and O–H groups in total. The van der Waals surface area contributed by atoms with Crippen LogP contribution in [-0.2, 0) is 4.79 Å². The summed E-state index contributed by atoms with van der Waals surface area (Å²) in [5.74, 6) is 0.924. The Labute approximate surface area is 199 Å². The van der Waals surface area contributed by atoms with Crippen LogP contribution < -0.4 is 20.1 Å². The van der Waals surface area contributed by atoms with Crippen molar-refractivity contribution in [2.24, 2.45) is 0 Å². The summed E-state index contributed by atoms with van der Waals surface area (Å²) in [7, 11) is 3.07. The van der Waals surface area contributed by atoms with Crippen molar-refractivity contribution in [2.45, 2.75) is 4.90 Å². The molecule has 9 heteroatoms. The third-order valence-corrected chi connectivity index (χ3v) is 6.63. The van der Waals surface area contributed by atoms with Crippen molar-refractivity contribution < 1.29 is 19.1 Å². The van der Waals surface area contributed by atoms with Crippen LogP contribution in [0.5, 0.6) is 11.5 Å². The molecule has 4 aromatic rings. The molecule has 0 saturated heterocycles. The van der Waals surface area contributed by atoms with Crippen molar-refractivity contribution in [1.82, 2.24) is 4.98 Å². The van der Waals surface area contributed by atoms with Crippen LogP contribution in [0.25, 0.3) is 10.2 Å². The minimum absolute atomic E-state index is 0.120. The maximum absolute atomic E-state index is 12.5. The number of carbonyl (C=O) groups excluding carboxylic acids is 2. The number of hydrogen-bond acceptors (Lipinski definition) is 7. The van der Waals surface area contributed by atoms with Gasteiger partial charge in [-0.2, -0.15) is 0 Å². The third kappa shape index (κ3) is 5.63. The minimum Gasteiger partial charge on any atom is -0.493 e. The number of rotatable bonds is 8. The molecule has 7 nitrogen and oxygen atoms in total. The first kappa shape index (κ1) is 22.6. The molecule has 0 unspecified atom stereocenters. The van der Waals surface area contributed by atoms with E-state index in [9.17, 15) is 9.59 Å². The molecule has 0 aliphatic carbocycles. The number of fused-ring (bicyclic) bond motifs is 1. The topological polar surface area (TPSA) is 89.5 Å². The molecule has 0 fully saturated rings. The largest absolute Gasteiger partial charge is 0.493 e. The second kappa shape index (κ2) is 10.4. The third-order valence-electron chi connectivity index (χ3n) is 4.67. The molecule has 1 aromatic heterocycles. The van der Waals surface area contributed by atoms with E-state index < -0.39 is 0 Å². The maximum atomic E-state index is 12.5. The summed E-state index contributed by atoms with van der Waals surface area (Å²) < 4.78 is 11.5. The lowest BCUT2D eigenvalue weighted by atomic mass is 10.2. The van der Waals surface area contributed by atoms with E-state index in [1.807, 2.05) is 36.4 Å². The molecule has 4 rings (SSSR count). The summed E-state index contributed by atoms with van der Waals surface area (Å²) in [6.45, 7) is 0. The zero-order valence-electron chi connectivity index (χ0n) is 18.0. The lowest BCUT2D eigenvalue weighted by Crippen LogP contribution is -2.13. The van der Waals surface area contributed by atoms with Crippen LogP contribution >= 0.6 is 23.1 Å². The molecular formula is C24H21N3O4S2. The molecule has 168 valence electrons. The van der Waals surface area contributed by atoms with E-state index in [2.05, 4.69) is 15.6 Å². The highest BCUT2D eigenvalue weighted by atomic mass is 32.2. The quantitative estimate of drug-likeness (QED) is 0.334. The van der Waals surface area contributed by atoms with Gasteiger partial charge in [-0.15, -0.1) is 11.8 Å². The number of aromatic nitrogens is 1. The molecule has 0 atom stereocenters. The fourth-order valence-electron chi connectivity index (χ4n) is 3.05. The SMILES string of the molecule is COc1ccc(C(=O)Nc2ccc(SCC(=O)Nc3nc4ccccc4s3)cc2)cc1OC. The summed E-state index contributed by atoms with van der Waals surface area (Å²) >= 11 is 2.86. The number of methoxy groups -OCH3 is 2. The Morgan fingerprint density at radius 2 is 1.70 bits per heavy atom. The zero-order valence-corrected chi connectivity index (χ0v) is 19.6. The van der Waals surface area contributed by atoms with Gasteiger partial charge < -0.3 is 20.1 Å². The molecule has 0 aliphatic heterocycles. The van der Waals surface area contributed by atoms with Gasteiger partial charge in [0.25, 0.3) is 5.91 Å². The van der Waals surface area contributed by atoms with E-state index in [1.54, 1.807) is 37.4 Å². The molecular weight excluding hydrogens is 458 g/mol. The molecule has 0 aliphatic rings. The molecule has 0 bridgehead atoms.